The first kappa shape index (κ1) is 21.8. The van der Waals surface area contributed by atoms with E-state index >= 15 is 0 Å². The van der Waals surface area contributed by atoms with Crippen LogP contribution >= 0.6 is 11.3 Å². The number of amides is 2. The number of piperidine rings is 1. The molecule has 2 aromatic rings. The van der Waals surface area contributed by atoms with E-state index in [2.05, 4.69) is 11.4 Å². The standard InChI is InChI=1S/C25H30N2O3S/c28-24(11-10-20-6-2-1-3-7-20)26-14-12-21(13-15-26)25(29)27(18-22-8-4-16-30-22)19-23-9-5-17-31-23/h1-3,5-7,9-11,17,21-22H,4,8,12-16,18-19H2/b11-10+. The van der Waals surface area contributed by atoms with Gasteiger partial charge in [0, 0.05) is 43.1 Å². The molecule has 5 nitrogen and oxygen atoms in total. The van der Waals surface area contributed by atoms with E-state index in [-0.39, 0.29) is 23.8 Å². The summed E-state index contributed by atoms with van der Waals surface area (Å²) in [7, 11) is 0. The quantitative estimate of drug-likeness (QED) is 0.609. The number of nitrogens with zero attached hydrogens (tertiary/aromatic N) is 2. The number of carbonyl (C=O) groups excluding carboxylic acids is 2. The number of likely N-dealkylation sites (tertiary alicyclic amines) is 1. The van der Waals surface area contributed by atoms with Crippen molar-refractivity contribution < 1.29 is 14.3 Å². The number of thiophene rings is 1. The van der Waals surface area contributed by atoms with E-state index in [4.69, 9.17) is 4.74 Å². The van der Waals surface area contributed by atoms with Crippen LogP contribution in [0, 0.1) is 5.92 Å². The van der Waals surface area contributed by atoms with Crippen LogP contribution in [0.15, 0.2) is 53.9 Å². The largest absolute Gasteiger partial charge is 0.376 e. The predicted molar refractivity (Wildman–Crippen MR) is 123 cm³/mol. The zero-order chi connectivity index (χ0) is 21.5. The summed E-state index contributed by atoms with van der Waals surface area (Å²) in [6, 6.07) is 13.9. The zero-order valence-electron chi connectivity index (χ0n) is 17.8. The molecular formula is C25H30N2O3S. The van der Waals surface area contributed by atoms with Gasteiger partial charge in [0.15, 0.2) is 0 Å². The van der Waals surface area contributed by atoms with Gasteiger partial charge in [-0.3, -0.25) is 9.59 Å². The molecule has 0 bridgehead atoms. The highest BCUT2D eigenvalue weighted by atomic mass is 32.1. The molecule has 2 aliphatic rings. The molecule has 31 heavy (non-hydrogen) atoms. The minimum Gasteiger partial charge on any atom is -0.376 e. The predicted octanol–water partition coefficient (Wildman–Crippen LogP) is 4.21. The fraction of sp³-hybridized carbons (Fsp3) is 0.440. The zero-order valence-corrected chi connectivity index (χ0v) is 18.6. The number of ether oxygens (including phenoxy) is 1. The molecule has 0 N–H and O–H groups in total. The van der Waals surface area contributed by atoms with Crippen LogP contribution < -0.4 is 0 Å². The molecule has 1 aromatic carbocycles. The first-order chi connectivity index (χ1) is 15.2. The Morgan fingerprint density at radius 2 is 1.90 bits per heavy atom. The minimum atomic E-state index is -0.0245. The fourth-order valence-corrected chi connectivity index (χ4v) is 5.02. The number of carbonyl (C=O) groups is 2. The summed E-state index contributed by atoms with van der Waals surface area (Å²) in [5.74, 6) is 0.198. The van der Waals surface area contributed by atoms with Gasteiger partial charge in [-0.05, 0) is 48.8 Å². The lowest BCUT2D eigenvalue weighted by atomic mass is 9.94. The summed E-state index contributed by atoms with van der Waals surface area (Å²) in [5, 5.41) is 2.05. The summed E-state index contributed by atoms with van der Waals surface area (Å²) in [5.41, 5.74) is 1.01. The highest BCUT2D eigenvalue weighted by molar-refractivity contribution is 7.09. The van der Waals surface area contributed by atoms with Gasteiger partial charge >= 0.3 is 0 Å². The molecule has 0 radical (unpaired) electrons. The summed E-state index contributed by atoms with van der Waals surface area (Å²) in [6.45, 7) is 3.36. The lowest BCUT2D eigenvalue weighted by Crippen LogP contribution is -2.45. The van der Waals surface area contributed by atoms with Gasteiger partial charge in [0.05, 0.1) is 12.6 Å². The van der Waals surface area contributed by atoms with E-state index in [9.17, 15) is 9.59 Å². The molecule has 0 spiro atoms. The Labute approximate surface area is 188 Å². The Morgan fingerprint density at radius 3 is 2.58 bits per heavy atom. The van der Waals surface area contributed by atoms with Crippen molar-refractivity contribution in [1.82, 2.24) is 9.80 Å². The third-order valence-corrected chi connectivity index (χ3v) is 6.92. The Balaban J connectivity index is 1.32. The number of benzene rings is 1. The second-order valence-electron chi connectivity index (χ2n) is 8.28. The van der Waals surface area contributed by atoms with Gasteiger partial charge in [-0.1, -0.05) is 36.4 Å². The number of hydrogen-bond acceptors (Lipinski definition) is 4. The van der Waals surface area contributed by atoms with Gasteiger partial charge in [-0.2, -0.15) is 0 Å². The summed E-state index contributed by atoms with van der Waals surface area (Å²) in [4.78, 5) is 30.9. The van der Waals surface area contributed by atoms with Crippen molar-refractivity contribution in [2.45, 2.75) is 38.3 Å². The maximum atomic E-state index is 13.4. The second kappa shape index (κ2) is 10.7. The molecule has 2 amide bonds. The molecule has 3 heterocycles. The van der Waals surface area contributed by atoms with E-state index in [1.54, 1.807) is 17.4 Å². The maximum absolute atomic E-state index is 13.4. The van der Waals surface area contributed by atoms with E-state index in [0.717, 1.165) is 37.9 Å². The Kier molecular flexibility index (Phi) is 7.54. The van der Waals surface area contributed by atoms with Crippen LogP contribution in [0.3, 0.4) is 0 Å². The minimum absolute atomic E-state index is 0.0181. The van der Waals surface area contributed by atoms with Crippen molar-refractivity contribution in [3.05, 3.63) is 64.4 Å². The number of hydrogen-bond donors (Lipinski definition) is 0. The molecule has 0 saturated carbocycles. The van der Waals surface area contributed by atoms with Crippen LogP contribution in [0.1, 0.15) is 36.1 Å². The molecule has 2 fully saturated rings. The molecule has 1 aromatic heterocycles. The van der Waals surface area contributed by atoms with Crippen LogP contribution in [0.25, 0.3) is 6.08 Å². The van der Waals surface area contributed by atoms with Crippen LogP contribution in [0.5, 0.6) is 0 Å². The summed E-state index contributed by atoms with van der Waals surface area (Å²) >= 11 is 1.69. The fourth-order valence-electron chi connectivity index (χ4n) is 4.30. The molecule has 1 atom stereocenters. The van der Waals surface area contributed by atoms with Crippen molar-refractivity contribution in [2.75, 3.05) is 26.2 Å². The smallest absolute Gasteiger partial charge is 0.246 e. The highest BCUT2D eigenvalue weighted by Gasteiger charge is 2.31. The van der Waals surface area contributed by atoms with E-state index in [1.807, 2.05) is 52.3 Å². The van der Waals surface area contributed by atoms with E-state index in [1.165, 1.54) is 4.88 Å². The Hall–Kier alpha value is -2.44. The van der Waals surface area contributed by atoms with Crippen molar-refractivity contribution in [3.8, 4) is 0 Å². The molecular weight excluding hydrogens is 408 g/mol. The average Bonchev–Trinajstić information content (AvgIpc) is 3.52. The van der Waals surface area contributed by atoms with Gasteiger partial charge in [-0.15, -0.1) is 11.3 Å². The topological polar surface area (TPSA) is 49.9 Å². The van der Waals surface area contributed by atoms with Crippen LogP contribution in [-0.4, -0.2) is 54.0 Å². The molecule has 4 rings (SSSR count). The van der Waals surface area contributed by atoms with Gasteiger partial charge < -0.3 is 14.5 Å². The average molecular weight is 439 g/mol. The van der Waals surface area contributed by atoms with E-state index in [0.29, 0.717) is 26.2 Å². The van der Waals surface area contributed by atoms with Gasteiger partial charge in [-0.25, -0.2) is 0 Å². The van der Waals surface area contributed by atoms with Crippen molar-refractivity contribution in [2.24, 2.45) is 5.92 Å². The van der Waals surface area contributed by atoms with Crippen molar-refractivity contribution in [1.29, 1.82) is 0 Å². The molecule has 1 unspecified atom stereocenters. The molecule has 164 valence electrons. The van der Waals surface area contributed by atoms with Crippen LogP contribution in [0.2, 0.25) is 0 Å². The lowest BCUT2D eigenvalue weighted by Gasteiger charge is -2.34. The van der Waals surface area contributed by atoms with Gasteiger partial charge in [0.2, 0.25) is 11.8 Å². The van der Waals surface area contributed by atoms with Crippen LogP contribution in [0.4, 0.5) is 0 Å². The third kappa shape index (κ3) is 6.05. The molecule has 6 heteroatoms. The summed E-state index contributed by atoms with van der Waals surface area (Å²) < 4.78 is 5.80. The number of rotatable bonds is 7. The molecule has 2 aliphatic heterocycles. The summed E-state index contributed by atoms with van der Waals surface area (Å²) in [6.07, 6.45) is 7.17. The SMILES string of the molecule is O=C(/C=C/c1ccccc1)N1CCC(C(=O)N(Cc2cccs2)CC2CCCO2)CC1. The molecule has 2 saturated heterocycles. The van der Waals surface area contributed by atoms with Crippen molar-refractivity contribution >= 4 is 29.2 Å². The Morgan fingerprint density at radius 1 is 1.10 bits per heavy atom. The van der Waals surface area contributed by atoms with Gasteiger partial charge in [0.1, 0.15) is 0 Å². The first-order valence-electron chi connectivity index (χ1n) is 11.1. The highest BCUT2D eigenvalue weighted by Crippen LogP contribution is 2.24. The lowest BCUT2D eigenvalue weighted by molar-refractivity contribution is -0.141. The molecule has 0 aliphatic carbocycles. The van der Waals surface area contributed by atoms with Crippen molar-refractivity contribution in [3.63, 3.8) is 0 Å². The van der Waals surface area contributed by atoms with E-state index < -0.39 is 0 Å². The first-order valence-corrected chi connectivity index (χ1v) is 12.0. The maximum Gasteiger partial charge on any atom is 0.246 e. The monoisotopic (exact) mass is 438 g/mol. The van der Waals surface area contributed by atoms with Gasteiger partial charge in [0.25, 0.3) is 0 Å². The van der Waals surface area contributed by atoms with Crippen LogP contribution in [-0.2, 0) is 20.9 Å². The Bertz CT molecular complexity index is 867. The normalized spacial score (nSPS) is 19.7. The third-order valence-electron chi connectivity index (χ3n) is 6.06. The second-order valence-corrected chi connectivity index (χ2v) is 9.31.